The fraction of sp³-hybridized carbons (Fsp3) is 0.400. The van der Waals surface area contributed by atoms with Crippen LogP contribution in [0.5, 0.6) is 0 Å². The first-order valence-corrected chi connectivity index (χ1v) is 6.51. The first-order valence-electron chi connectivity index (χ1n) is 5.01. The maximum absolute atomic E-state index is 12.7. The van der Waals surface area contributed by atoms with Crippen LogP contribution in [-0.2, 0) is 16.8 Å². The van der Waals surface area contributed by atoms with E-state index in [2.05, 4.69) is 0 Å². The van der Waals surface area contributed by atoms with Gasteiger partial charge in [-0.25, -0.2) is 9.53 Å². The Kier molecular flexibility index (Phi) is 2.96. The van der Waals surface area contributed by atoms with E-state index in [0.717, 1.165) is 18.4 Å². The molecule has 1 aromatic rings. The van der Waals surface area contributed by atoms with Gasteiger partial charge < -0.3 is 0 Å². The molecule has 0 atom stereocenters. The van der Waals surface area contributed by atoms with E-state index in [1.165, 1.54) is 16.4 Å². The molecule has 1 aromatic carbocycles. The minimum Gasteiger partial charge on any atom is -0.216 e. The van der Waals surface area contributed by atoms with E-state index in [4.69, 9.17) is 5.14 Å². The van der Waals surface area contributed by atoms with E-state index in [1.807, 2.05) is 0 Å². The maximum Gasteiger partial charge on any atom is 0.277 e. The van der Waals surface area contributed by atoms with Gasteiger partial charge in [0.1, 0.15) is 5.82 Å². The highest BCUT2D eigenvalue weighted by atomic mass is 32.2. The summed E-state index contributed by atoms with van der Waals surface area (Å²) in [4.78, 5) is 0. The SMILES string of the molecule is NS(=O)(=O)N(Cc1ccc(F)cc1)C1CC1. The standard InChI is InChI=1S/C10H13FN2O2S/c11-9-3-1-8(2-4-9)7-13(10-5-6-10)16(12,14)15/h1-4,10H,5-7H2,(H2,12,14,15). The fourth-order valence-electron chi connectivity index (χ4n) is 1.56. The number of halogens is 1. The number of hydrogen-bond donors (Lipinski definition) is 1. The first kappa shape index (κ1) is 11.5. The quantitative estimate of drug-likeness (QED) is 0.858. The van der Waals surface area contributed by atoms with Crippen LogP contribution in [0.15, 0.2) is 24.3 Å². The van der Waals surface area contributed by atoms with Crippen LogP contribution < -0.4 is 5.14 Å². The average Bonchev–Trinajstić information content (AvgIpc) is 2.98. The molecule has 2 N–H and O–H groups in total. The lowest BCUT2D eigenvalue weighted by molar-refractivity contribution is 0.399. The Bertz CT molecular complexity index is 468. The molecule has 1 aliphatic carbocycles. The summed E-state index contributed by atoms with van der Waals surface area (Å²) in [5.41, 5.74) is 0.738. The zero-order chi connectivity index (χ0) is 11.8. The third kappa shape index (κ3) is 2.78. The number of benzene rings is 1. The molecule has 0 amide bonds. The summed E-state index contributed by atoms with van der Waals surface area (Å²) in [6.07, 6.45) is 1.69. The second-order valence-corrected chi connectivity index (χ2v) is 5.45. The minimum absolute atomic E-state index is 0.0139. The molecule has 0 saturated heterocycles. The van der Waals surface area contributed by atoms with Gasteiger partial charge in [-0.1, -0.05) is 12.1 Å². The van der Waals surface area contributed by atoms with Crippen LogP contribution in [-0.4, -0.2) is 18.8 Å². The number of hydrogen-bond acceptors (Lipinski definition) is 2. The Balaban J connectivity index is 2.15. The van der Waals surface area contributed by atoms with Gasteiger partial charge in [-0.15, -0.1) is 0 Å². The number of nitrogens with zero attached hydrogens (tertiary/aromatic N) is 1. The van der Waals surface area contributed by atoms with Crippen molar-refractivity contribution in [3.05, 3.63) is 35.6 Å². The minimum atomic E-state index is -3.67. The highest BCUT2D eigenvalue weighted by Crippen LogP contribution is 2.29. The Hall–Kier alpha value is -0.980. The molecule has 6 heteroatoms. The Morgan fingerprint density at radius 2 is 1.88 bits per heavy atom. The van der Waals surface area contributed by atoms with Crippen molar-refractivity contribution in [3.63, 3.8) is 0 Å². The molecule has 0 heterocycles. The molecule has 1 aliphatic rings. The summed E-state index contributed by atoms with van der Waals surface area (Å²) in [7, 11) is -3.67. The van der Waals surface area contributed by atoms with Crippen molar-refractivity contribution in [1.82, 2.24) is 4.31 Å². The molecule has 0 bridgehead atoms. The lowest BCUT2D eigenvalue weighted by atomic mass is 10.2. The van der Waals surface area contributed by atoms with Crippen molar-refractivity contribution in [2.45, 2.75) is 25.4 Å². The van der Waals surface area contributed by atoms with E-state index in [0.29, 0.717) is 0 Å². The zero-order valence-corrected chi connectivity index (χ0v) is 9.45. The van der Waals surface area contributed by atoms with Gasteiger partial charge >= 0.3 is 0 Å². The van der Waals surface area contributed by atoms with Gasteiger partial charge in [0.05, 0.1) is 0 Å². The predicted molar refractivity (Wildman–Crippen MR) is 58.1 cm³/mol. The summed E-state index contributed by atoms with van der Waals surface area (Å²) in [6, 6.07) is 5.76. The molecule has 4 nitrogen and oxygen atoms in total. The van der Waals surface area contributed by atoms with Crippen molar-refractivity contribution in [3.8, 4) is 0 Å². The molecule has 0 unspecified atom stereocenters. The van der Waals surface area contributed by atoms with E-state index < -0.39 is 10.2 Å². The lowest BCUT2D eigenvalue weighted by Gasteiger charge is -2.18. The molecule has 2 rings (SSSR count). The molecule has 0 spiro atoms. The van der Waals surface area contributed by atoms with Crippen LogP contribution >= 0.6 is 0 Å². The summed E-state index contributed by atoms with van der Waals surface area (Å²) < 4.78 is 36.6. The second-order valence-electron chi connectivity index (χ2n) is 3.95. The largest absolute Gasteiger partial charge is 0.277 e. The second kappa shape index (κ2) is 4.12. The van der Waals surface area contributed by atoms with E-state index in [-0.39, 0.29) is 18.4 Å². The highest BCUT2D eigenvalue weighted by Gasteiger charge is 2.35. The molecule has 1 fully saturated rings. The molecule has 0 radical (unpaired) electrons. The summed E-state index contributed by atoms with van der Waals surface area (Å²) >= 11 is 0. The van der Waals surface area contributed by atoms with Gasteiger partial charge in [0, 0.05) is 12.6 Å². The molecular formula is C10H13FN2O2S. The Morgan fingerprint density at radius 3 is 2.31 bits per heavy atom. The monoisotopic (exact) mass is 244 g/mol. The van der Waals surface area contributed by atoms with E-state index in [9.17, 15) is 12.8 Å². The Morgan fingerprint density at radius 1 is 1.31 bits per heavy atom. The first-order chi connectivity index (χ1) is 7.47. The van der Waals surface area contributed by atoms with Crippen LogP contribution in [0, 0.1) is 5.82 Å². The summed E-state index contributed by atoms with van der Waals surface area (Å²) in [5.74, 6) is -0.336. The van der Waals surface area contributed by atoms with Crippen LogP contribution in [0.3, 0.4) is 0 Å². The van der Waals surface area contributed by atoms with Gasteiger partial charge in [0.15, 0.2) is 0 Å². The average molecular weight is 244 g/mol. The Labute approximate surface area is 94.0 Å². The highest BCUT2D eigenvalue weighted by molar-refractivity contribution is 7.86. The normalized spacial score (nSPS) is 16.7. The molecule has 16 heavy (non-hydrogen) atoms. The number of rotatable bonds is 4. The van der Waals surface area contributed by atoms with Crippen molar-refractivity contribution in [1.29, 1.82) is 0 Å². The zero-order valence-electron chi connectivity index (χ0n) is 8.64. The van der Waals surface area contributed by atoms with Crippen LogP contribution in [0.4, 0.5) is 4.39 Å². The van der Waals surface area contributed by atoms with Crippen LogP contribution in [0.1, 0.15) is 18.4 Å². The molecule has 0 aromatic heterocycles. The van der Waals surface area contributed by atoms with Crippen molar-refractivity contribution in [2.75, 3.05) is 0 Å². The lowest BCUT2D eigenvalue weighted by Crippen LogP contribution is -2.37. The van der Waals surface area contributed by atoms with Gasteiger partial charge in [-0.3, -0.25) is 0 Å². The van der Waals surface area contributed by atoms with Crippen LogP contribution in [0.2, 0.25) is 0 Å². The predicted octanol–water partition coefficient (Wildman–Crippen LogP) is 0.994. The molecule has 88 valence electrons. The third-order valence-electron chi connectivity index (χ3n) is 2.53. The summed E-state index contributed by atoms with van der Waals surface area (Å²) in [5, 5.41) is 5.12. The maximum atomic E-state index is 12.7. The summed E-state index contributed by atoms with van der Waals surface area (Å²) in [6.45, 7) is 0.212. The van der Waals surface area contributed by atoms with Crippen molar-refractivity contribution < 1.29 is 12.8 Å². The fourth-order valence-corrected chi connectivity index (χ4v) is 2.51. The van der Waals surface area contributed by atoms with Gasteiger partial charge in [0.25, 0.3) is 10.2 Å². The molecule has 0 aliphatic heterocycles. The van der Waals surface area contributed by atoms with Gasteiger partial charge in [0.2, 0.25) is 0 Å². The van der Waals surface area contributed by atoms with Crippen molar-refractivity contribution >= 4 is 10.2 Å². The molecular weight excluding hydrogens is 231 g/mol. The third-order valence-corrected chi connectivity index (χ3v) is 3.61. The van der Waals surface area contributed by atoms with Crippen LogP contribution in [0.25, 0.3) is 0 Å². The topological polar surface area (TPSA) is 63.4 Å². The van der Waals surface area contributed by atoms with Gasteiger partial charge in [-0.05, 0) is 30.5 Å². The number of nitrogens with two attached hydrogens (primary N) is 1. The molecule has 1 saturated carbocycles. The van der Waals surface area contributed by atoms with Crippen molar-refractivity contribution in [2.24, 2.45) is 5.14 Å². The van der Waals surface area contributed by atoms with E-state index >= 15 is 0 Å². The van der Waals surface area contributed by atoms with E-state index in [1.54, 1.807) is 12.1 Å². The van der Waals surface area contributed by atoms with Gasteiger partial charge in [-0.2, -0.15) is 12.7 Å². The smallest absolute Gasteiger partial charge is 0.216 e.